The first kappa shape index (κ1) is 8.59. The van der Waals surface area contributed by atoms with Crippen LogP contribution in [0.4, 0.5) is 0 Å². The van der Waals surface area contributed by atoms with E-state index in [9.17, 15) is 0 Å². The highest BCUT2D eigenvalue weighted by molar-refractivity contribution is 5.57. The van der Waals surface area contributed by atoms with Crippen molar-refractivity contribution in [2.24, 2.45) is 16.5 Å². The summed E-state index contributed by atoms with van der Waals surface area (Å²) in [4.78, 5) is 4.00. The minimum Gasteiger partial charge on any atom is -0.329 e. The van der Waals surface area contributed by atoms with Crippen LogP contribution in [-0.2, 0) is 0 Å². The molecule has 0 heterocycles. The third kappa shape index (κ3) is 7.59. The molecule has 3 nitrogen and oxygen atoms in total. The van der Waals surface area contributed by atoms with Crippen LogP contribution in [0.1, 0.15) is 13.3 Å². The van der Waals surface area contributed by atoms with E-state index in [0.717, 1.165) is 6.42 Å². The Morgan fingerprint density at radius 1 is 1.67 bits per heavy atom. The van der Waals surface area contributed by atoms with Gasteiger partial charge in [0.15, 0.2) is 0 Å². The highest BCUT2D eigenvalue weighted by Crippen LogP contribution is 1.79. The van der Waals surface area contributed by atoms with E-state index in [1.165, 1.54) is 0 Å². The number of rotatable bonds is 4. The fourth-order valence-electron chi connectivity index (χ4n) is 0.407. The molecule has 0 rings (SSSR count). The Hall–Kier alpha value is -0.410. The van der Waals surface area contributed by atoms with Crippen molar-refractivity contribution < 1.29 is 0 Å². The molecule has 0 bridgehead atoms. The lowest BCUT2D eigenvalue weighted by Crippen LogP contribution is -2.15. The normalized spacial score (nSPS) is 14.6. The van der Waals surface area contributed by atoms with Crippen LogP contribution in [0.15, 0.2) is 4.99 Å². The first-order valence-corrected chi connectivity index (χ1v) is 3.21. The molecular formula is C6H15N3. The Labute approximate surface area is 56.1 Å². The van der Waals surface area contributed by atoms with Gasteiger partial charge in [-0.3, -0.25) is 4.99 Å². The largest absolute Gasteiger partial charge is 0.329 e. The number of nitrogens with two attached hydrogens (primary N) is 2. The van der Waals surface area contributed by atoms with Gasteiger partial charge in [-0.2, -0.15) is 0 Å². The van der Waals surface area contributed by atoms with E-state index >= 15 is 0 Å². The molecule has 1 unspecified atom stereocenters. The van der Waals surface area contributed by atoms with Gasteiger partial charge in [0.25, 0.3) is 0 Å². The number of aliphatic imine (C=N–C) groups is 1. The maximum absolute atomic E-state index is 5.45. The zero-order valence-electron chi connectivity index (χ0n) is 5.88. The van der Waals surface area contributed by atoms with Gasteiger partial charge in [-0.1, -0.05) is 0 Å². The third-order valence-electron chi connectivity index (χ3n) is 0.864. The van der Waals surface area contributed by atoms with E-state index in [0.29, 0.717) is 13.1 Å². The number of nitrogens with zero attached hydrogens (tertiary/aromatic N) is 1. The van der Waals surface area contributed by atoms with Crippen molar-refractivity contribution in [2.45, 2.75) is 19.4 Å². The van der Waals surface area contributed by atoms with Crippen LogP contribution >= 0.6 is 0 Å². The lowest BCUT2D eigenvalue weighted by molar-refractivity contribution is 0.783. The van der Waals surface area contributed by atoms with E-state index in [1.54, 1.807) is 0 Å². The Balaban J connectivity index is 3.04. The fraction of sp³-hybridized carbons (Fsp3) is 0.833. The van der Waals surface area contributed by atoms with Gasteiger partial charge in [0.1, 0.15) is 0 Å². The van der Waals surface area contributed by atoms with E-state index in [4.69, 9.17) is 11.5 Å². The molecule has 54 valence electrons. The van der Waals surface area contributed by atoms with Crippen LogP contribution in [-0.4, -0.2) is 25.3 Å². The lowest BCUT2D eigenvalue weighted by Gasteiger charge is -1.95. The second kappa shape index (κ2) is 5.72. The van der Waals surface area contributed by atoms with Crippen molar-refractivity contribution in [3.8, 4) is 0 Å². The van der Waals surface area contributed by atoms with Crippen LogP contribution in [0.2, 0.25) is 0 Å². The van der Waals surface area contributed by atoms with E-state index < -0.39 is 0 Å². The quantitative estimate of drug-likeness (QED) is 0.514. The van der Waals surface area contributed by atoms with Crippen LogP contribution < -0.4 is 11.5 Å². The smallest absolute Gasteiger partial charge is 0.0508 e. The van der Waals surface area contributed by atoms with Gasteiger partial charge in [-0.15, -0.1) is 0 Å². The Kier molecular flexibility index (Phi) is 5.46. The van der Waals surface area contributed by atoms with Crippen LogP contribution in [0.5, 0.6) is 0 Å². The van der Waals surface area contributed by atoms with Gasteiger partial charge >= 0.3 is 0 Å². The molecule has 0 aliphatic heterocycles. The Morgan fingerprint density at radius 3 is 2.78 bits per heavy atom. The molecule has 3 heteroatoms. The predicted molar refractivity (Wildman–Crippen MR) is 40.7 cm³/mol. The molecule has 0 amide bonds. The monoisotopic (exact) mass is 129 g/mol. The van der Waals surface area contributed by atoms with Crippen LogP contribution in [0, 0.1) is 0 Å². The SMILES string of the molecule is CC(N)CC=NCCN. The minimum absolute atomic E-state index is 0.214. The highest BCUT2D eigenvalue weighted by atomic mass is 14.7. The summed E-state index contributed by atoms with van der Waals surface area (Å²) < 4.78 is 0. The summed E-state index contributed by atoms with van der Waals surface area (Å²) in [6.07, 6.45) is 2.68. The zero-order valence-corrected chi connectivity index (χ0v) is 5.88. The Bertz CT molecular complexity index is 78.4. The van der Waals surface area contributed by atoms with E-state index in [2.05, 4.69) is 4.99 Å². The van der Waals surface area contributed by atoms with Gasteiger partial charge < -0.3 is 11.5 Å². The summed E-state index contributed by atoms with van der Waals surface area (Å²) >= 11 is 0. The van der Waals surface area contributed by atoms with Gasteiger partial charge in [0.05, 0.1) is 6.54 Å². The maximum atomic E-state index is 5.45. The van der Waals surface area contributed by atoms with Crippen molar-refractivity contribution in [3.63, 3.8) is 0 Å². The summed E-state index contributed by atoms with van der Waals surface area (Å²) in [5.41, 5.74) is 10.7. The second-order valence-corrected chi connectivity index (χ2v) is 2.09. The van der Waals surface area contributed by atoms with Crippen molar-refractivity contribution in [1.82, 2.24) is 0 Å². The summed E-state index contributed by atoms with van der Waals surface area (Å²) in [6, 6.07) is 0.214. The topological polar surface area (TPSA) is 64.4 Å². The number of hydrogen-bond acceptors (Lipinski definition) is 3. The molecule has 0 aliphatic rings. The zero-order chi connectivity index (χ0) is 7.11. The maximum Gasteiger partial charge on any atom is 0.0508 e. The molecule has 1 atom stereocenters. The molecule has 0 aromatic carbocycles. The molecule has 0 aromatic rings. The Morgan fingerprint density at radius 2 is 2.33 bits per heavy atom. The molecule has 0 saturated carbocycles. The molecule has 0 aromatic heterocycles. The lowest BCUT2D eigenvalue weighted by atomic mass is 10.3. The van der Waals surface area contributed by atoms with Gasteiger partial charge in [-0.25, -0.2) is 0 Å². The van der Waals surface area contributed by atoms with Crippen LogP contribution in [0.3, 0.4) is 0 Å². The van der Waals surface area contributed by atoms with Crippen LogP contribution in [0.25, 0.3) is 0 Å². The standard InChI is InChI=1S/C6H15N3/c1-6(8)2-4-9-5-3-7/h4,6H,2-3,5,7-8H2,1H3. The molecule has 9 heavy (non-hydrogen) atoms. The first-order chi connectivity index (χ1) is 4.27. The average molecular weight is 129 g/mol. The third-order valence-corrected chi connectivity index (χ3v) is 0.864. The van der Waals surface area contributed by atoms with Crippen molar-refractivity contribution in [1.29, 1.82) is 0 Å². The second-order valence-electron chi connectivity index (χ2n) is 2.09. The van der Waals surface area contributed by atoms with Crippen molar-refractivity contribution in [2.75, 3.05) is 13.1 Å². The average Bonchev–Trinajstić information content (AvgIpc) is 1.80. The molecular weight excluding hydrogens is 114 g/mol. The van der Waals surface area contributed by atoms with Gasteiger partial charge in [-0.05, 0) is 13.3 Å². The van der Waals surface area contributed by atoms with Crippen molar-refractivity contribution >= 4 is 6.21 Å². The summed E-state index contributed by atoms with van der Waals surface area (Å²) in [5, 5.41) is 0. The van der Waals surface area contributed by atoms with E-state index in [1.807, 2.05) is 13.1 Å². The summed E-state index contributed by atoms with van der Waals surface area (Å²) in [5.74, 6) is 0. The highest BCUT2D eigenvalue weighted by Gasteiger charge is 1.86. The molecule has 0 radical (unpaired) electrons. The molecule has 0 aliphatic carbocycles. The van der Waals surface area contributed by atoms with Crippen molar-refractivity contribution in [3.05, 3.63) is 0 Å². The first-order valence-electron chi connectivity index (χ1n) is 3.21. The molecule has 4 N–H and O–H groups in total. The number of hydrogen-bond donors (Lipinski definition) is 2. The summed E-state index contributed by atoms with van der Waals surface area (Å²) in [6.45, 7) is 3.29. The molecule has 0 saturated heterocycles. The van der Waals surface area contributed by atoms with Gasteiger partial charge in [0.2, 0.25) is 0 Å². The van der Waals surface area contributed by atoms with Gasteiger partial charge in [0, 0.05) is 18.8 Å². The predicted octanol–water partition coefficient (Wildman–Crippen LogP) is -0.247. The van der Waals surface area contributed by atoms with E-state index in [-0.39, 0.29) is 6.04 Å². The summed E-state index contributed by atoms with van der Waals surface area (Å²) in [7, 11) is 0. The minimum atomic E-state index is 0.214. The molecule has 0 spiro atoms. The molecule has 0 fully saturated rings. The fourth-order valence-corrected chi connectivity index (χ4v) is 0.407.